The molecular weight excluding hydrogens is 321 g/mol. The van der Waals surface area contributed by atoms with Gasteiger partial charge in [0.05, 0.1) is 10.6 Å². The van der Waals surface area contributed by atoms with Gasteiger partial charge in [0.1, 0.15) is 5.82 Å². The van der Waals surface area contributed by atoms with Crippen LogP contribution >= 0.6 is 11.6 Å². The quantitative estimate of drug-likeness (QED) is 0.862. The standard InChI is InChI=1S/C17H15ClFNO3/c1-10-3-4-11(2)15(7-10)20-16(21)9-23-17(22)13-8-12(19)5-6-14(13)18/h3-8H,9H2,1-2H3,(H,20,21). The number of hydrogen-bond donors (Lipinski definition) is 1. The summed E-state index contributed by atoms with van der Waals surface area (Å²) in [4.78, 5) is 23.7. The highest BCUT2D eigenvalue weighted by molar-refractivity contribution is 6.33. The Morgan fingerprint density at radius 1 is 1.17 bits per heavy atom. The molecule has 0 aliphatic heterocycles. The van der Waals surface area contributed by atoms with E-state index in [1.54, 1.807) is 0 Å². The third kappa shape index (κ3) is 4.53. The lowest BCUT2D eigenvalue weighted by atomic mass is 10.1. The SMILES string of the molecule is Cc1ccc(C)c(NC(=O)COC(=O)c2cc(F)ccc2Cl)c1. The highest BCUT2D eigenvalue weighted by Crippen LogP contribution is 2.18. The molecule has 0 spiro atoms. The Kier molecular flexibility index (Phi) is 5.34. The molecule has 120 valence electrons. The topological polar surface area (TPSA) is 55.4 Å². The minimum absolute atomic E-state index is 0.0614. The second kappa shape index (κ2) is 7.24. The molecule has 6 heteroatoms. The number of ether oxygens (including phenoxy) is 1. The minimum Gasteiger partial charge on any atom is -0.452 e. The molecule has 2 rings (SSSR count). The van der Waals surface area contributed by atoms with E-state index in [9.17, 15) is 14.0 Å². The van der Waals surface area contributed by atoms with E-state index in [1.165, 1.54) is 6.07 Å². The lowest BCUT2D eigenvalue weighted by molar-refractivity contribution is -0.119. The molecule has 0 unspecified atom stereocenters. The molecule has 0 heterocycles. The van der Waals surface area contributed by atoms with Crippen molar-refractivity contribution in [1.82, 2.24) is 0 Å². The van der Waals surface area contributed by atoms with Gasteiger partial charge in [-0.05, 0) is 49.2 Å². The first-order valence-electron chi connectivity index (χ1n) is 6.86. The van der Waals surface area contributed by atoms with Crippen LogP contribution in [-0.4, -0.2) is 18.5 Å². The van der Waals surface area contributed by atoms with E-state index in [4.69, 9.17) is 16.3 Å². The summed E-state index contributed by atoms with van der Waals surface area (Å²) in [5.41, 5.74) is 2.42. The third-order valence-electron chi connectivity index (χ3n) is 3.15. The molecule has 0 saturated carbocycles. The number of esters is 1. The Labute approximate surface area is 138 Å². The van der Waals surface area contributed by atoms with Gasteiger partial charge >= 0.3 is 5.97 Å². The van der Waals surface area contributed by atoms with Crippen molar-refractivity contribution in [2.75, 3.05) is 11.9 Å². The lowest BCUT2D eigenvalue weighted by Gasteiger charge is -2.10. The van der Waals surface area contributed by atoms with E-state index in [-0.39, 0.29) is 10.6 Å². The smallest absolute Gasteiger partial charge is 0.340 e. The van der Waals surface area contributed by atoms with Crippen LogP contribution in [-0.2, 0) is 9.53 Å². The number of carbonyl (C=O) groups excluding carboxylic acids is 2. The number of benzene rings is 2. The first-order chi connectivity index (χ1) is 10.9. The van der Waals surface area contributed by atoms with Crippen molar-refractivity contribution in [1.29, 1.82) is 0 Å². The molecule has 0 aliphatic rings. The molecule has 0 aromatic heterocycles. The van der Waals surface area contributed by atoms with Gasteiger partial charge in [-0.3, -0.25) is 4.79 Å². The van der Waals surface area contributed by atoms with Crippen molar-refractivity contribution >= 4 is 29.2 Å². The summed E-state index contributed by atoms with van der Waals surface area (Å²) >= 11 is 5.81. The van der Waals surface area contributed by atoms with E-state index >= 15 is 0 Å². The van der Waals surface area contributed by atoms with Gasteiger partial charge in [0.15, 0.2) is 6.61 Å². The normalized spacial score (nSPS) is 10.3. The zero-order valence-corrected chi connectivity index (χ0v) is 13.4. The Bertz CT molecular complexity index is 761. The highest BCUT2D eigenvalue weighted by atomic mass is 35.5. The number of amides is 1. The number of carbonyl (C=O) groups is 2. The lowest BCUT2D eigenvalue weighted by Crippen LogP contribution is -2.21. The van der Waals surface area contributed by atoms with Crippen molar-refractivity contribution < 1.29 is 18.7 Å². The minimum atomic E-state index is -0.856. The average molecular weight is 336 g/mol. The molecule has 2 aromatic rings. The van der Waals surface area contributed by atoms with Crippen LogP contribution in [0.5, 0.6) is 0 Å². The van der Waals surface area contributed by atoms with Gasteiger partial charge in [-0.15, -0.1) is 0 Å². The fourth-order valence-corrected chi connectivity index (χ4v) is 2.11. The van der Waals surface area contributed by atoms with E-state index in [2.05, 4.69) is 5.32 Å². The Hall–Kier alpha value is -2.40. The summed E-state index contributed by atoms with van der Waals surface area (Å²) < 4.78 is 18.0. The number of halogens is 2. The zero-order valence-electron chi connectivity index (χ0n) is 12.7. The van der Waals surface area contributed by atoms with Crippen molar-refractivity contribution in [3.05, 3.63) is 63.9 Å². The van der Waals surface area contributed by atoms with Crippen molar-refractivity contribution in [3.8, 4) is 0 Å². The van der Waals surface area contributed by atoms with Gasteiger partial charge in [0.25, 0.3) is 5.91 Å². The van der Waals surface area contributed by atoms with Crippen LogP contribution in [0.3, 0.4) is 0 Å². The van der Waals surface area contributed by atoms with Gasteiger partial charge in [-0.2, -0.15) is 0 Å². The fourth-order valence-electron chi connectivity index (χ4n) is 1.92. The van der Waals surface area contributed by atoms with E-state index < -0.39 is 24.3 Å². The molecule has 0 atom stereocenters. The first kappa shape index (κ1) is 17.0. The van der Waals surface area contributed by atoms with Crippen molar-refractivity contribution in [2.45, 2.75) is 13.8 Å². The number of rotatable bonds is 4. The molecular formula is C17H15ClFNO3. The van der Waals surface area contributed by atoms with Crippen LogP contribution in [0.25, 0.3) is 0 Å². The molecule has 1 N–H and O–H groups in total. The predicted octanol–water partition coefficient (Wildman–Crippen LogP) is 3.89. The molecule has 0 radical (unpaired) electrons. The van der Waals surface area contributed by atoms with Gasteiger partial charge in [-0.25, -0.2) is 9.18 Å². The van der Waals surface area contributed by atoms with E-state index in [1.807, 2.05) is 32.0 Å². The molecule has 0 bridgehead atoms. The van der Waals surface area contributed by atoms with Crippen LogP contribution in [0.1, 0.15) is 21.5 Å². The fraction of sp³-hybridized carbons (Fsp3) is 0.176. The average Bonchev–Trinajstić information content (AvgIpc) is 2.51. The van der Waals surface area contributed by atoms with Crippen LogP contribution in [0.15, 0.2) is 36.4 Å². The van der Waals surface area contributed by atoms with Crippen LogP contribution in [0.2, 0.25) is 5.02 Å². The monoisotopic (exact) mass is 335 g/mol. The number of hydrogen-bond acceptors (Lipinski definition) is 3. The highest BCUT2D eigenvalue weighted by Gasteiger charge is 2.15. The summed E-state index contributed by atoms with van der Waals surface area (Å²) in [5.74, 6) is -1.95. The van der Waals surface area contributed by atoms with Gasteiger partial charge in [0, 0.05) is 5.69 Å². The van der Waals surface area contributed by atoms with Gasteiger partial charge in [0.2, 0.25) is 0 Å². The summed E-state index contributed by atoms with van der Waals surface area (Å²) in [5, 5.41) is 2.72. The zero-order chi connectivity index (χ0) is 17.0. The number of anilines is 1. The number of nitrogens with one attached hydrogen (secondary N) is 1. The Morgan fingerprint density at radius 2 is 1.91 bits per heavy atom. The summed E-state index contributed by atoms with van der Waals surface area (Å²) in [6, 6.07) is 8.97. The first-order valence-corrected chi connectivity index (χ1v) is 7.24. The summed E-state index contributed by atoms with van der Waals surface area (Å²) in [6.45, 7) is 3.27. The van der Waals surface area contributed by atoms with Gasteiger partial charge < -0.3 is 10.1 Å². The predicted molar refractivity (Wildman–Crippen MR) is 86.2 cm³/mol. The van der Waals surface area contributed by atoms with Crippen LogP contribution < -0.4 is 5.32 Å². The molecule has 1 amide bonds. The molecule has 0 aliphatic carbocycles. The van der Waals surface area contributed by atoms with Gasteiger partial charge in [-0.1, -0.05) is 23.7 Å². The third-order valence-corrected chi connectivity index (χ3v) is 3.48. The Morgan fingerprint density at radius 3 is 2.65 bits per heavy atom. The van der Waals surface area contributed by atoms with Crippen LogP contribution in [0.4, 0.5) is 10.1 Å². The van der Waals surface area contributed by atoms with E-state index in [0.29, 0.717) is 5.69 Å². The maximum atomic E-state index is 13.1. The van der Waals surface area contributed by atoms with Crippen molar-refractivity contribution in [2.24, 2.45) is 0 Å². The molecule has 23 heavy (non-hydrogen) atoms. The summed E-state index contributed by atoms with van der Waals surface area (Å²) in [6.07, 6.45) is 0. The largest absolute Gasteiger partial charge is 0.452 e. The maximum absolute atomic E-state index is 13.1. The van der Waals surface area contributed by atoms with Crippen LogP contribution in [0, 0.1) is 19.7 Å². The molecule has 0 fully saturated rings. The second-order valence-electron chi connectivity index (χ2n) is 5.07. The molecule has 0 saturated heterocycles. The molecule has 2 aromatic carbocycles. The van der Waals surface area contributed by atoms with Crippen molar-refractivity contribution in [3.63, 3.8) is 0 Å². The summed E-state index contributed by atoms with van der Waals surface area (Å²) in [7, 11) is 0. The Balaban J connectivity index is 1.97. The molecule has 4 nitrogen and oxygen atoms in total. The maximum Gasteiger partial charge on any atom is 0.340 e. The van der Waals surface area contributed by atoms with E-state index in [0.717, 1.165) is 23.3 Å². The second-order valence-corrected chi connectivity index (χ2v) is 5.47. The number of aryl methyl sites for hydroxylation is 2.